The van der Waals surface area contributed by atoms with Crippen molar-refractivity contribution in [3.8, 4) is 11.5 Å². The number of aromatic hydroxyl groups is 1. The molecule has 1 aromatic carbocycles. The summed E-state index contributed by atoms with van der Waals surface area (Å²) in [7, 11) is 0. The van der Waals surface area contributed by atoms with Crippen molar-refractivity contribution in [2.24, 2.45) is 0 Å². The summed E-state index contributed by atoms with van der Waals surface area (Å²) in [6.45, 7) is 9.70. The highest BCUT2D eigenvalue weighted by molar-refractivity contribution is 5.61. The molecule has 1 fully saturated rings. The van der Waals surface area contributed by atoms with Crippen LogP contribution in [0.2, 0.25) is 0 Å². The van der Waals surface area contributed by atoms with E-state index in [9.17, 15) is 10.2 Å². The van der Waals surface area contributed by atoms with Gasteiger partial charge in [-0.2, -0.15) is 0 Å². The number of fused-ring (bicyclic) bond motifs is 1. The SMILES string of the molecule is C=CCN1CCC23c4c(ccc(O)c4O[C@H]2CCC)CC1C3(C)O. The molecular formula is C20H27NO3. The van der Waals surface area contributed by atoms with Crippen LogP contribution in [0, 0.1) is 0 Å². The maximum atomic E-state index is 11.7. The summed E-state index contributed by atoms with van der Waals surface area (Å²) >= 11 is 0. The zero-order valence-electron chi connectivity index (χ0n) is 14.6. The van der Waals surface area contributed by atoms with E-state index in [0.717, 1.165) is 44.3 Å². The number of rotatable bonds is 4. The Bertz CT molecular complexity index is 684. The Morgan fingerprint density at radius 1 is 1.46 bits per heavy atom. The second-order valence-electron chi connectivity index (χ2n) is 7.72. The summed E-state index contributed by atoms with van der Waals surface area (Å²) in [5.41, 5.74) is 0.972. The fraction of sp³-hybridized carbons (Fsp3) is 0.600. The Morgan fingerprint density at radius 2 is 2.25 bits per heavy atom. The number of likely N-dealkylation sites (tertiary alicyclic amines) is 1. The standard InChI is InChI=1S/C20H27NO3/c1-4-6-16-20-9-11-21(10-5-2)15(19(20,3)23)12-13-7-8-14(22)18(24-16)17(13)20/h5,7-8,15-16,22-23H,2,4,6,9-12H2,1,3H3/t15?,16-,19?,20?/m0/s1. The maximum absolute atomic E-state index is 11.7. The monoisotopic (exact) mass is 329 g/mol. The van der Waals surface area contributed by atoms with E-state index in [-0.39, 0.29) is 17.9 Å². The molecule has 4 heteroatoms. The molecule has 0 aromatic heterocycles. The van der Waals surface area contributed by atoms with Gasteiger partial charge in [0.1, 0.15) is 6.10 Å². The highest BCUT2D eigenvalue weighted by atomic mass is 16.5. The van der Waals surface area contributed by atoms with E-state index < -0.39 is 11.0 Å². The Morgan fingerprint density at radius 3 is 2.96 bits per heavy atom. The molecule has 2 bridgehead atoms. The van der Waals surface area contributed by atoms with E-state index in [1.165, 1.54) is 5.56 Å². The fourth-order valence-electron chi connectivity index (χ4n) is 5.53. The van der Waals surface area contributed by atoms with Crippen LogP contribution in [0.3, 0.4) is 0 Å². The third-order valence-electron chi connectivity index (χ3n) is 6.59. The summed E-state index contributed by atoms with van der Waals surface area (Å²) in [6.07, 6.45) is 5.35. The Balaban J connectivity index is 1.93. The number of nitrogens with zero attached hydrogens (tertiary/aromatic N) is 1. The van der Waals surface area contributed by atoms with Crippen LogP contribution in [0.25, 0.3) is 0 Å². The molecule has 1 aromatic rings. The number of piperidine rings is 1. The predicted molar refractivity (Wildman–Crippen MR) is 93.6 cm³/mol. The number of phenols is 1. The summed E-state index contributed by atoms with van der Waals surface area (Å²) < 4.78 is 6.26. The molecule has 0 radical (unpaired) electrons. The van der Waals surface area contributed by atoms with Gasteiger partial charge in [0.15, 0.2) is 11.5 Å². The highest BCUT2D eigenvalue weighted by Gasteiger charge is 2.67. The molecule has 1 saturated heterocycles. The van der Waals surface area contributed by atoms with Crippen LogP contribution >= 0.6 is 0 Å². The lowest BCUT2D eigenvalue weighted by molar-refractivity contribution is -0.152. The smallest absolute Gasteiger partial charge is 0.165 e. The van der Waals surface area contributed by atoms with Gasteiger partial charge in [0, 0.05) is 18.2 Å². The number of hydrogen-bond donors (Lipinski definition) is 2. The molecule has 0 saturated carbocycles. The van der Waals surface area contributed by atoms with Crippen molar-refractivity contribution < 1.29 is 14.9 Å². The highest BCUT2D eigenvalue weighted by Crippen LogP contribution is 2.62. The minimum Gasteiger partial charge on any atom is -0.504 e. The number of ether oxygens (including phenoxy) is 1. The minimum atomic E-state index is -0.889. The van der Waals surface area contributed by atoms with Gasteiger partial charge in [0.25, 0.3) is 0 Å². The second-order valence-corrected chi connectivity index (χ2v) is 7.72. The summed E-state index contributed by atoms with van der Waals surface area (Å²) in [6, 6.07) is 3.81. The number of benzene rings is 1. The quantitative estimate of drug-likeness (QED) is 0.834. The van der Waals surface area contributed by atoms with Gasteiger partial charge in [-0.25, -0.2) is 0 Å². The summed E-state index contributed by atoms with van der Waals surface area (Å²) in [5, 5.41) is 22.1. The van der Waals surface area contributed by atoms with Gasteiger partial charge in [-0.05, 0) is 44.4 Å². The van der Waals surface area contributed by atoms with E-state index in [2.05, 4.69) is 18.4 Å². The van der Waals surface area contributed by atoms with Crippen LogP contribution in [0.5, 0.6) is 11.5 Å². The number of hydrogen-bond acceptors (Lipinski definition) is 4. The van der Waals surface area contributed by atoms with Crippen molar-refractivity contribution in [2.45, 2.75) is 62.7 Å². The molecule has 2 N–H and O–H groups in total. The van der Waals surface area contributed by atoms with Crippen molar-refractivity contribution >= 4 is 0 Å². The lowest BCUT2D eigenvalue weighted by Gasteiger charge is -2.59. The first-order valence-electron chi connectivity index (χ1n) is 9.06. The van der Waals surface area contributed by atoms with Crippen molar-refractivity contribution in [1.82, 2.24) is 4.90 Å². The van der Waals surface area contributed by atoms with Gasteiger partial charge in [0.05, 0.1) is 11.0 Å². The summed E-state index contributed by atoms with van der Waals surface area (Å²) in [5.74, 6) is 0.816. The summed E-state index contributed by atoms with van der Waals surface area (Å²) in [4.78, 5) is 2.34. The molecule has 3 aliphatic rings. The van der Waals surface area contributed by atoms with E-state index in [1.807, 2.05) is 19.1 Å². The first kappa shape index (κ1) is 16.0. The molecular weight excluding hydrogens is 302 g/mol. The molecule has 1 aliphatic carbocycles. The third kappa shape index (κ3) is 1.76. The molecule has 24 heavy (non-hydrogen) atoms. The van der Waals surface area contributed by atoms with Crippen LogP contribution in [0.1, 0.15) is 44.2 Å². The fourth-order valence-corrected chi connectivity index (χ4v) is 5.53. The number of phenolic OH excluding ortho intramolecular Hbond substituents is 1. The van der Waals surface area contributed by atoms with Gasteiger partial charge < -0.3 is 14.9 Å². The van der Waals surface area contributed by atoms with Crippen LogP contribution in [0.15, 0.2) is 24.8 Å². The van der Waals surface area contributed by atoms with E-state index >= 15 is 0 Å². The zero-order valence-corrected chi connectivity index (χ0v) is 14.6. The molecule has 4 atom stereocenters. The van der Waals surface area contributed by atoms with Crippen molar-refractivity contribution in [3.05, 3.63) is 35.9 Å². The Hall–Kier alpha value is -1.52. The maximum Gasteiger partial charge on any atom is 0.165 e. The van der Waals surface area contributed by atoms with Crippen molar-refractivity contribution in [3.63, 3.8) is 0 Å². The molecule has 4 nitrogen and oxygen atoms in total. The average molecular weight is 329 g/mol. The largest absolute Gasteiger partial charge is 0.504 e. The molecule has 1 spiro atoms. The predicted octanol–water partition coefficient (Wildman–Crippen LogP) is 2.76. The lowest BCUT2D eigenvalue weighted by atomic mass is 9.53. The normalized spacial score (nSPS) is 37.0. The van der Waals surface area contributed by atoms with Crippen LogP contribution < -0.4 is 4.74 Å². The number of aliphatic hydroxyl groups is 1. The third-order valence-corrected chi connectivity index (χ3v) is 6.59. The Kier molecular flexibility index (Phi) is 3.49. The van der Waals surface area contributed by atoms with E-state index in [0.29, 0.717) is 5.75 Å². The van der Waals surface area contributed by atoms with Crippen LogP contribution in [-0.2, 0) is 11.8 Å². The Labute approximate surface area is 143 Å². The molecule has 2 heterocycles. The topological polar surface area (TPSA) is 52.9 Å². The molecule has 4 rings (SSSR count). The minimum absolute atomic E-state index is 0.0511. The zero-order chi connectivity index (χ0) is 17.1. The molecule has 3 unspecified atom stereocenters. The van der Waals surface area contributed by atoms with Gasteiger partial charge in [-0.3, -0.25) is 4.90 Å². The first-order valence-corrected chi connectivity index (χ1v) is 9.06. The van der Waals surface area contributed by atoms with Gasteiger partial charge in [0.2, 0.25) is 0 Å². The van der Waals surface area contributed by atoms with E-state index in [4.69, 9.17) is 4.74 Å². The van der Waals surface area contributed by atoms with Gasteiger partial charge in [-0.1, -0.05) is 25.5 Å². The average Bonchev–Trinajstić information content (AvgIpc) is 2.85. The first-order chi connectivity index (χ1) is 11.5. The van der Waals surface area contributed by atoms with Crippen molar-refractivity contribution in [2.75, 3.05) is 13.1 Å². The van der Waals surface area contributed by atoms with E-state index in [1.54, 1.807) is 6.07 Å². The van der Waals surface area contributed by atoms with Gasteiger partial charge in [-0.15, -0.1) is 6.58 Å². The van der Waals surface area contributed by atoms with Crippen LogP contribution in [-0.4, -0.2) is 45.9 Å². The lowest BCUT2D eigenvalue weighted by Crippen LogP contribution is -2.72. The van der Waals surface area contributed by atoms with Gasteiger partial charge >= 0.3 is 0 Å². The molecule has 2 aliphatic heterocycles. The van der Waals surface area contributed by atoms with Crippen molar-refractivity contribution in [1.29, 1.82) is 0 Å². The van der Waals surface area contributed by atoms with Crippen LogP contribution in [0.4, 0.5) is 0 Å². The second kappa shape index (κ2) is 5.24. The molecule has 130 valence electrons. The molecule has 0 amide bonds.